The zero-order chi connectivity index (χ0) is 10.9. The van der Waals surface area contributed by atoms with Gasteiger partial charge in [0.05, 0.1) is 13.2 Å². The summed E-state index contributed by atoms with van der Waals surface area (Å²) in [6.07, 6.45) is 1.40. The highest BCUT2D eigenvalue weighted by Gasteiger charge is 2.22. The topological polar surface area (TPSA) is 40.2 Å². The lowest BCUT2D eigenvalue weighted by atomic mass is 10.5. The van der Waals surface area contributed by atoms with Crippen molar-refractivity contribution in [3.05, 3.63) is 0 Å². The van der Waals surface area contributed by atoms with E-state index in [0.717, 1.165) is 45.5 Å². The summed E-state index contributed by atoms with van der Waals surface area (Å²) in [7, 11) is -1.40. The Labute approximate surface area is 93.7 Å². The minimum Gasteiger partial charge on any atom is -0.397 e. The number of epoxide rings is 1. The van der Waals surface area contributed by atoms with E-state index in [1.54, 1.807) is 0 Å². The van der Waals surface area contributed by atoms with Crippen molar-refractivity contribution >= 4 is 9.28 Å². The third-order valence-electron chi connectivity index (χ3n) is 2.14. The van der Waals surface area contributed by atoms with Gasteiger partial charge >= 0.3 is 9.28 Å². The van der Waals surface area contributed by atoms with Gasteiger partial charge in [-0.05, 0) is 26.3 Å². The van der Waals surface area contributed by atoms with Crippen LogP contribution >= 0.6 is 0 Å². The van der Waals surface area contributed by atoms with E-state index >= 15 is 0 Å². The molecule has 4 nitrogen and oxygen atoms in total. The summed E-state index contributed by atoms with van der Waals surface area (Å²) < 4.78 is 21.6. The molecule has 0 amide bonds. The summed E-state index contributed by atoms with van der Waals surface area (Å²) in [6, 6.07) is 1.03. The van der Waals surface area contributed by atoms with E-state index in [-0.39, 0.29) is 0 Å². The average Bonchev–Trinajstić information content (AvgIpc) is 3.02. The standard InChI is InChI=1S/C10H22O4Si/c1-3-13-15(14-4-2)7-5-6-11-8-10-9-12-10/h10,15H,3-9H2,1-2H3/t10-/m0/s1. The van der Waals surface area contributed by atoms with Gasteiger partial charge in [-0.3, -0.25) is 0 Å². The Balaban J connectivity index is 1.89. The first-order valence-corrected chi connectivity index (χ1v) is 7.55. The molecule has 90 valence electrons. The second-order valence-corrected chi connectivity index (χ2v) is 5.62. The molecule has 0 N–H and O–H groups in total. The predicted octanol–water partition coefficient (Wildman–Crippen LogP) is 1.09. The molecule has 1 fully saturated rings. The second-order valence-electron chi connectivity index (χ2n) is 3.51. The fourth-order valence-corrected chi connectivity index (χ4v) is 2.99. The molecule has 0 aliphatic carbocycles. The first-order valence-electron chi connectivity index (χ1n) is 5.79. The Hall–Kier alpha value is 0.0569. The summed E-state index contributed by atoms with van der Waals surface area (Å²) in [5, 5.41) is 0. The van der Waals surface area contributed by atoms with Gasteiger partial charge in [-0.2, -0.15) is 0 Å². The van der Waals surface area contributed by atoms with Crippen LogP contribution in [0.25, 0.3) is 0 Å². The lowest BCUT2D eigenvalue weighted by Crippen LogP contribution is -2.23. The van der Waals surface area contributed by atoms with Crippen molar-refractivity contribution in [2.24, 2.45) is 0 Å². The van der Waals surface area contributed by atoms with Crippen molar-refractivity contribution in [1.82, 2.24) is 0 Å². The Morgan fingerprint density at radius 1 is 1.27 bits per heavy atom. The van der Waals surface area contributed by atoms with Gasteiger partial charge < -0.3 is 18.3 Å². The Bertz CT molecular complexity index is 146. The molecule has 15 heavy (non-hydrogen) atoms. The lowest BCUT2D eigenvalue weighted by molar-refractivity contribution is 0.114. The Morgan fingerprint density at radius 2 is 1.93 bits per heavy atom. The van der Waals surface area contributed by atoms with E-state index in [1.807, 2.05) is 13.8 Å². The molecule has 1 saturated heterocycles. The number of rotatable bonds is 10. The number of hydrogen-bond acceptors (Lipinski definition) is 4. The van der Waals surface area contributed by atoms with Gasteiger partial charge in [0.15, 0.2) is 0 Å². The Morgan fingerprint density at radius 3 is 2.47 bits per heavy atom. The summed E-state index contributed by atoms with van der Waals surface area (Å²) in [5.41, 5.74) is 0. The maximum absolute atomic E-state index is 5.56. The van der Waals surface area contributed by atoms with Crippen molar-refractivity contribution in [2.45, 2.75) is 32.4 Å². The van der Waals surface area contributed by atoms with Gasteiger partial charge in [-0.1, -0.05) is 0 Å². The van der Waals surface area contributed by atoms with Crippen LogP contribution in [-0.4, -0.2) is 48.4 Å². The van der Waals surface area contributed by atoms with Gasteiger partial charge in [0.1, 0.15) is 6.10 Å². The van der Waals surface area contributed by atoms with Gasteiger partial charge in [-0.25, -0.2) is 0 Å². The molecule has 1 rings (SSSR count). The van der Waals surface area contributed by atoms with Gasteiger partial charge in [0, 0.05) is 19.8 Å². The van der Waals surface area contributed by atoms with Crippen LogP contribution in [0.5, 0.6) is 0 Å². The molecule has 1 aliphatic rings. The molecule has 0 bridgehead atoms. The normalized spacial score (nSPS) is 19.8. The monoisotopic (exact) mass is 234 g/mol. The highest BCUT2D eigenvalue weighted by Crippen LogP contribution is 2.09. The van der Waals surface area contributed by atoms with Crippen LogP contribution in [0.2, 0.25) is 6.04 Å². The van der Waals surface area contributed by atoms with Crippen molar-refractivity contribution in [1.29, 1.82) is 0 Å². The molecule has 0 aromatic rings. The smallest absolute Gasteiger partial charge is 0.321 e. The van der Waals surface area contributed by atoms with Crippen LogP contribution in [-0.2, 0) is 18.3 Å². The molecular weight excluding hydrogens is 212 g/mol. The van der Waals surface area contributed by atoms with Crippen molar-refractivity contribution in [3.63, 3.8) is 0 Å². The molecule has 0 aromatic heterocycles. The van der Waals surface area contributed by atoms with Crippen LogP contribution in [0, 0.1) is 0 Å². The fourth-order valence-electron chi connectivity index (χ4n) is 1.32. The largest absolute Gasteiger partial charge is 0.397 e. The first-order chi connectivity index (χ1) is 7.36. The minimum atomic E-state index is -1.40. The number of hydrogen-bond donors (Lipinski definition) is 0. The highest BCUT2D eigenvalue weighted by molar-refractivity contribution is 6.44. The van der Waals surface area contributed by atoms with Crippen LogP contribution in [0.1, 0.15) is 20.3 Å². The summed E-state index contributed by atoms with van der Waals surface area (Å²) in [6.45, 7) is 7.95. The molecule has 0 radical (unpaired) electrons. The molecule has 0 saturated carbocycles. The molecular formula is C10H22O4Si. The molecule has 5 heteroatoms. The molecule has 0 unspecified atom stereocenters. The van der Waals surface area contributed by atoms with E-state index in [1.165, 1.54) is 0 Å². The molecule has 1 aliphatic heterocycles. The Kier molecular flexibility index (Phi) is 7.21. The first kappa shape index (κ1) is 13.1. The molecule has 0 spiro atoms. The maximum Gasteiger partial charge on any atom is 0.321 e. The van der Waals surface area contributed by atoms with Crippen LogP contribution in [0.15, 0.2) is 0 Å². The average molecular weight is 234 g/mol. The zero-order valence-corrected chi connectivity index (χ0v) is 10.9. The van der Waals surface area contributed by atoms with Crippen molar-refractivity contribution < 1.29 is 18.3 Å². The minimum absolute atomic E-state index is 0.372. The van der Waals surface area contributed by atoms with Gasteiger partial charge in [0.25, 0.3) is 0 Å². The van der Waals surface area contributed by atoms with E-state index in [4.69, 9.17) is 18.3 Å². The van der Waals surface area contributed by atoms with Gasteiger partial charge in [0.2, 0.25) is 0 Å². The number of ether oxygens (including phenoxy) is 2. The molecule has 1 atom stereocenters. The maximum atomic E-state index is 5.56. The summed E-state index contributed by atoms with van der Waals surface area (Å²) in [4.78, 5) is 0. The van der Waals surface area contributed by atoms with Crippen LogP contribution < -0.4 is 0 Å². The van der Waals surface area contributed by atoms with E-state index in [2.05, 4.69) is 0 Å². The van der Waals surface area contributed by atoms with E-state index < -0.39 is 9.28 Å². The SMILES string of the molecule is CCO[SiH](CCCOC[C@H]1CO1)OCC. The predicted molar refractivity (Wildman–Crippen MR) is 60.4 cm³/mol. The molecule has 0 aromatic carbocycles. The van der Waals surface area contributed by atoms with E-state index in [0.29, 0.717) is 6.10 Å². The second kappa shape index (κ2) is 8.24. The van der Waals surface area contributed by atoms with Crippen LogP contribution in [0.3, 0.4) is 0 Å². The summed E-state index contributed by atoms with van der Waals surface area (Å²) in [5.74, 6) is 0. The fraction of sp³-hybridized carbons (Fsp3) is 1.00. The third kappa shape index (κ3) is 7.02. The quantitative estimate of drug-likeness (QED) is 0.322. The zero-order valence-electron chi connectivity index (χ0n) is 9.74. The van der Waals surface area contributed by atoms with E-state index in [9.17, 15) is 0 Å². The van der Waals surface area contributed by atoms with Crippen molar-refractivity contribution in [2.75, 3.05) is 33.0 Å². The van der Waals surface area contributed by atoms with Gasteiger partial charge in [-0.15, -0.1) is 0 Å². The third-order valence-corrected chi connectivity index (χ3v) is 4.43. The molecule has 1 heterocycles. The lowest BCUT2D eigenvalue weighted by Gasteiger charge is -2.14. The highest BCUT2D eigenvalue weighted by atomic mass is 28.3. The van der Waals surface area contributed by atoms with Crippen LogP contribution in [0.4, 0.5) is 0 Å². The van der Waals surface area contributed by atoms with Crippen molar-refractivity contribution in [3.8, 4) is 0 Å². The summed E-state index contributed by atoms with van der Waals surface area (Å²) >= 11 is 0.